The minimum absolute atomic E-state index is 0.0296. The van der Waals surface area contributed by atoms with Crippen LogP contribution in [0.25, 0.3) is 0 Å². The summed E-state index contributed by atoms with van der Waals surface area (Å²) in [6.45, 7) is 16.2. The molecule has 3 aliphatic carbocycles. The zero-order chi connectivity index (χ0) is 42.1. The fourth-order valence-corrected chi connectivity index (χ4v) is 8.97. The van der Waals surface area contributed by atoms with Gasteiger partial charge in [0.05, 0.1) is 37.1 Å². The zero-order valence-electron chi connectivity index (χ0n) is 34.2. The third-order valence-corrected chi connectivity index (χ3v) is 16.0. The molecule has 1 amide bonds. The van der Waals surface area contributed by atoms with Gasteiger partial charge >= 0.3 is 6.36 Å². The predicted octanol–water partition coefficient (Wildman–Crippen LogP) is 8.10. The Morgan fingerprint density at radius 3 is 2.32 bits per heavy atom. The molecule has 4 atom stereocenters. The lowest BCUT2D eigenvalue weighted by molar-refractivity contribution is -0.274. The molecule has 0 spiro atoms. The standard InChI is InChI=1S/C40H57F3N4O9Si/c1-9-12-15-45-21-27(48)46-25-20-26(54-40(41,42)43)23-18-22-19-24-31(44)34-30(37(47-55-34)53-17-14-11-3)36(51)39(24,56-57(7,8)38(4,5)6)35(50)28(22)32(49)29(23)33(25)52-16-13-10-2/h20,22,24,31,45,50H,9-19,21,44H2,1-8H3,(H,46,48)/t22-,24-,31-,39-/m0/s1. The first-order valence-electron chi connectivity index (χ1n) is 19.9. The summed E-state index contributed by atoms with van der Waals surface area (Å²) in [5.74, 6) is -5.80. The number of carbonyl (C=O) groups is 3. The molecule has 0 fully saturated rings. The number of ether oxygens (including phenoxy) is 3. The van der Waals surface area contributed by atoms with Crippen LogP contribution in [-0.2, 0) is 15.6 Å². The Bertz CT molecular complexity index is 1870. The molecule has 1 aromatic carbocycles. The molecule has 316 valence electrons. The van der Waals surface area contributed by atoms with Crippen LogP contribution in [0.3, 0.4) is 0 Å². The quantitative estimate of drug-likeness (QED) is 0.0890. The van der Waals surface area contributed by atoms with E-state index in [1.54, 1.807) is 0 Å². The van der Waals surface area contributed by atoms with Crippen molar-refractivity contribution in [3.8, 4) is 17.4 Å². The summed E-state index contributed by atoms with van der Waals surface area (Å²) in [5, 5.41) is 21.8. The van der Waals surface area contributed by atoms with Gasteiger partial charge in [-0.15, -0.1) is 13.2 Å². The number of fused-ring (bicyclic) bond motifs is 4. The molecule has 5 N–H and O–H groups in total. The van der Waals surface area contributed by atoms with Gasteiger partial charge in [0.25, 0.3) is 5.88 Å². The average molecular weight is 823 g/mol. The summed E-state index contributed by atoms with van der Waals surface area (Å²) in [6, 6.07) is -0.0786. The number of aliphatic hydroxyl groups excluding tert-OH is 1. The van der Waals surface area contributed by atoms with Crippen molar-refractivity contribution in [2.45, 2.75) is 129 Å². The maximum Gasteiger partial charge on any atom is 0.573 e. The second kappa shape index (κ2) is 17.1. The second-order valence-corrected chi connectivity index (χ2v) is 21.4. The van der Waals surface area contributed by atoms with E-state index in [2.05, 4.69) is 20.5 Å². The van der Waals surface area contributed by atoms with Gasteiger partial charge in [0, 0.05) is 23.1 Å². The number of benzene rings is 1. The molecular formula is C40H57F3N4O9Si. The number of nitrogens with zero attached hydrogens (tertiary/aromatic N) is 1. The van der Waals surface area contributed by atoms with Gasteiger partial charge in [-0.05, 0) is 67.9 Å². The number of allylic oxidation sites excluding steroid dienone is 1. The van der Waals surface area contributed by atoms with E-state index < -0.39 is 72.2 Å². The minimum Gasteiger partial charge on any atom is -0.508 e. The Hall–Kier alpha value is -3.93. The first kappa shape index (κ1) is 44.2. The molecule has 0 aliphatic heterocycles. The van der Waals surface area contributed by atoms with E-state index in [4.69, 9.17) is 24.2 Å². The highest BCUT2D eigenvalue weighted by Gasteiger charge is 2.66. The van der Waals surface area contributed by atoms with Gasteiger partial charge in [-0.3, -0.25) is 14.4 Å². The summed E-state index contributed by atoms with van der Waals surface area (Å²) in [7, 11) is -3.03. The summed E-state index contributed by atoms with van der Waals surface area (Å²) in [6.07, 6.45) is -1.11. The summed E-state index contributed by atoms with van der Waals surface area (Å²) >= 11 is 0. The monoisotopic (exact) mass is 822 g/mol. The average Bonchev–Trinajstić information content (AvgIpc) is 3.54. The topological polar surface area (TPSA) is 184 Å². The Kier molecular flexibility index (Phi) is 13.3. The molecule has 5 rings (SSSR count). The Balaban J connectivity index is 1.75. The number of hydrogen-bond acceptors (Lipinski definition) is 12. The fraction of sp³-hybridized carbons (Fsp3) is 0.650. The molecule has 1 aromatic heterocycles. The number of unbranched alkanes of at least 4 members (excludes halogenated alkanes) is 3. The van der Waals surface area contributed by atoms with Crippen molar-refractivity contribution in [3.05, 3.63) is 39.8 Å². The Morgan fingerprint density at radius 1 is 1.05 bits per heavy atom. The first-order chi connectivity index (χ1) is 26.7. The molecule has 13 nitrogen and oxygen atoms in total. The van der Waals surface area contributed by atoms with E-state index in [-0.39, 0.29) is 77.9 Å². The zero-order valence-corrected chi connectivity index (χ0v) is 35.2. The van der Waals surface area contributed by atoms with E-state index in [1.807, 2.05) is 54.6 Å². The van der Waals surface area contributed by atoms with Crippen LogP contribution in [0, 0.1) is 11.8 Å². The minimum atomic E-state index is -5.17. The van der Waals surface area contributed by atoms with Crippen LogP contribution in [0.2, 0.25) is 18.1 Å². The van der Waals surface area contributed by atoms with Gasteiger partial charge in [-0.1, -0.05) is 60.8 Å². The predicted molar refractivity (Wildman–Crippen MR) is 208 cm³/mol. The highest BCUT2D eigenvalue weighted by atomic mass is 28.4. The lowest BCUT2D eigenvalue weighted by atomic mass is 9.59. The number of halogens is 3. The molecule has 0 radical (unpaired) electrons. The van der Waals surface area contributed by atoms with Crippen molar-refractivity contribution >= 4 is 31.5 Å². The maximum absolute atomic E-state index is 15.2. The number of ketones is 2. The summed E-state index contributed by atoms with van der Waals surface area (Å²) < 4.78 is 71.4. The molecule has 0 saturated heterocycles. The van der Waals surface area contributed by atoms with Crippen LogP contribution in [0.15, 0.2) is 21.9 Å². The molecule has 17 heteroatoms. The SMILES string of the molecule is CCCCNCC(=O)Nc1cc(OC(F)(F)F)c2c(c1OCCCC)C(=O)C1=C(O)[C@]3(O[Si](C)(C)C(C)(C)C)C(=O)c4c(OCCCC)noc4[C@@H](N)[C@@H]3C[C@@H]1C2. The number of hydrogen-bond donors (Lipinski definition) is 4. The van der Waals surface area contributed by atoms with Gasteiger partial charge < -0.3 is 44.6 Å². The highest BCUT2D eigenvalue weighted by molar-refractivity contribution is 6.74. The molecule has 2 aromatic rings. The molecule has 0 bridgehead atoms. The number of aromatic nitrogens is 1. The van der Waals surface area contributed by atoms with Gasteiger partial charge in [0.2, 0.25) is 11.7 Å². The lowest BCUT2D eigenvalue weighted by Gasteiger charge is -2.53. The van der Waals surface area contributed by atoms with Crippen molar-refractivity contribution in [1.82, 2.24) is 10.5 Å². The van der Waals surface area contributed by atoms with Crippen molar-refractivity contribution in [1.29, 1.82) is 0 Å². The van der Waals surface area contributed by atoms with Gasteiger partial charge in [0.15, 0.2) is 31.2 Å². The smallest absolute Gasteiger partial charge is 0.508 e. The van der Waals surface area contributed by atoms with Gasteiger partial charge in [0.1, 0.15) is 17.1 Å². The number of amides is 1. The van der Waals surface area contributed by atoms with Crippen molar-refractivity contribution in [2.75, 3.05) is 31.6 Å². The summed E-state index contributed by atoms with van der Waals surface area (Å²) in [5.41, 5.74) is 3.76. The number of nitrogens with one attached hydrogen (secondary N) is 2. The van der Waals surface area contributed by atoms with E-state index in [1.165, 1.54) is 0 Å². The van der Waals surface area contributed by atoms with Crippen molar-refractivity contribution in [3.63, 3.8) is 0 Å². The number of nitrogens with two attached hydrogens (primary N) is 1. The summed E-state index contributed by atoms with van der Waals surface area (Å²) in [4.78, 5) is 43.4. The molecule has 57 heavy (non-hydrogen) atoms. The number of aliphatic hydroxyl groups is 1. The van der Waals surface area contributed by atoms with E-state index >= 15 is 9.59 Å². The number of anilines is 1. The molecule has 0 unspecified atom stereocenters. The third-order valence-electron chi connectivity index (χ3n) is 11.5. The van der Waals surface area contributed by atoms with Crippen molar-refractivity contribution < 1.29 is 55.8 Å². The molecule has 3 aliphatic rings. The highest BCUT2D eigenvalue weighted by Crippen LogP contribution is 2.59. The Labute approximate surface area is 332 Å². The lowest BCUT2D eigenvalue weighted by Crippen LogP contribution is -2.64. The van der Waals surface area contributed by atoms with E-state index in [9.17, 15) is 23.1 Å². The number of carbonyl (C=O) groups excluding carboxylic acids is 3. The first-order valence-corrected chi connectivity index (χ1v) is 22.8. The number of rotatable bonds is 17. The Morgan fingerprint density at radius 2 is 1.70 bits per heavy atom. The normalized spacial score (nSPS) is 22.1. The van der Waals surface area contributed by atoms with Crippen LogP contribution in [0.1, 0.15) is 125 Å². The van der Waals surface area contributed by atoms with Crippen LogP contribution in [0.5, 0.6) is 17.4 Å². The van der Waals surface area contributed by atoms with Crippen LogP contribution >= 0.6 is 0 Å². The second-order valence-electron chi connectivity index (χ2n) is 16.6. The van der Waals surface area contributed by atoms with Crippen LogP contribution in [0.4, 0.5) is 18.9 Å². The molecule has 0 saturated carbocycles. The van der Waals surface area contributed by atoms with Crippen molar-refractivity contribution in [2.24, 2.45) is 17.6 Å². The maximum atomic E-state index is 15.2. The van der Waals surface area contributed by atoms with E-state index in [0.717, 1.165) is 25.3 Å². The van der Waals surface area contributed by atoms with E-state index in [0.29, 0.717) is 25.8 Å². The largest absolute Gasteiger partial charge is 0.573 e. The van der Waals surface area contributed by atoms with Gasteiger partial charge in [-0.2, -0.15) is 0 Å². The number of alkyl halides is 3. The van der Waals surface area contributed by atoms with Gasteiger partial charge in [-0.25, -0.2) is 0 Å². The molecular weight excluding hydrogens is 766 g/mol. The van der Waals surface area contributed by atoms with Crippen LogP contribution in [-0.4, -0.2) is 74.3 Å². The molecule has 1 heterocycles. The van der Waals surface area contributed by atoms with Crippen LogP contribution < -0.4 is 30.6 Å². The fourth-order valence-electron chi connectivity index (χ4n) is 7.52. The third kappa shape index (κ3) is 8.62. The number of Topliss-reactive ketones (excluding diaryl/α,β-unsaturated/α-hetero) is 2.